The van der Waals surface area contributed by atoms with Crippen LogP contribution in [0.4, 0.5) is 10.1 Å². The van der Waals surface area contributed by atoms with Gasteiger partial charge in [0.05, 0.1) is 5.69 Å². The molecule has 1 unspecified atom stereocenters. The zero-order valence-corrected chi connectivity index (χ0v) is 12.8. The van der Waals surface area contributed by atoms with Crippen molar-refractivity contribution in [1.82, 2.24) is 10.2 Å². The molecule has 0 bridgehead atoms. The first-order chi connectivity index (χ1) is 9.65. The number of hydrogen-bond acceptors (Lipinski definition) is 3. The van der Waals surface area contributed by atoms with E-state index in [0.717, 1.165) is 44.0 Å². The highest BCUT2D eigenvalue weighted by Gasteiger charge is 2.19. The Labute approximate surface area is 121 Å². The number of rotatable bonds is 5. The van der Waals surface area contributed by atoms with Crippen molar-refractivity contribution in [3.8, 4) is 0 Å². The molecule has 1 aromatic rings. The standard InChI is InChI=1S/C16H26FN3/c1-4-7-19-8-10-20(11-9-19)16-6-5-14(12-15(16)17)13(2)18-3/h5-6,12-13,18H,4,7-11H2,1-3H3. The summed E-state index contributed by atoms with van der Waals surface area (Å²) in [5.41, 5.74) is 1.74. The average Bonchev–Trinajstić information content (AvgIpc) is 2.47. The Bertz CT molecular complexity index is 428. The molecule has 1 aromatic carbocycles. The maximum Gasteiger partial charge on any atom is 0.146 e. The van der Waals surface area contributed by atoms with Crippen LogP contribution in [-0.4, -0.2) is 44.7 Å². The number of benzene rings is 1. The minimum Gasteiger partial charge on any atom is -0.367 e. The summed E-state index contributed by atoms with van der Waals surface area (Å²) < 4.78 is 14.3. The molecule has 3 nitrogen and oxygen atoms in total. The predicted molar refractivity (Wildman–Crippen MR) is 82.8 cm³/mol. The second-order valence-corrected chi connectivity index (χ2v) is 5.55. The molecule has 1 heterocycles. The lowest BCUT2D eigenvalue weighted by Crippen LogP contribution is -2.46. The minimum absolute atomic E-state index is 0.103. The highest BCUT2D eigenvalue weighted by atomic mass is 19.1. The molecule has 0 amide bonds. The molecule has 1 fully saturated rings. The topological polar surface area (TPSA) is 18.5 Å². The molecule has 1 atom stereocenters. The summed E-state index contributed by atoms with van der Waals surface area (Å²) in [7, 11) is 1.89. The molecular weight excluding hydrogens is 253 g/mol. The van der Waals surface area contributed by atoms with Crippen molar-refractivity contribution in [3.63, 3.8) is 0 Å². The number of nitrogens with one attached hydrogen (secondary N) is 1. The van der Waals surface area contributed by atoms with Crippen LogP contribution in [0.3, 0.4) is 0 Å². The van der Waals surface area contributed by atoms with E-state index in [0.29, 0.717) is 0 Å². The normalized spacial score (nSPS) is 18.3. The van der Waals surface area contributed by atoms with Crippen molar-refractivity contribution < 1.29 is 4.39 Å². The summed E-state index contributed by atoms with van der Waals surface area (Å²) >= 11 is 0. The fraction of sp³-hybridized carbons (Fsp3) is 0.625. The smallest absolute Gasteiger partial charge is 0.146 e. The molecule has 20 heavy (non-hydrogen) atoms. The van der Waals surface area contributed by atoms with Crippen LogP contribution >= 0.6 is 0 Å². The third kappa shape index (κ3) is 3.49. The largest absolute Gasteiger partial charge is 0.367 e. The average molecular weight is 279 g/mol. The Hall–Kier alpha value is -1.13. The van der Waals surface area contributed by atoms with Gasteiger partial charge >= 0.3 is 0 Å². The third-order valence-electron chi connectivity index (χ3n) is 4.16. The molecule has 0 saturated carbocycles. The van der Waals surface area contributed by atoms with E-state index in [9.17, 15) is 4.39 Å². The first-order valence-corrected chi connectivity index (χ1v) is 7.59. The second-order valence-electron chi connectivity index (χ2n) is 5.55. The molecule has 1 aliphatic rings. The van der Waals surface area contributed by atoms with Gasteiger partial charge in [-0.05, 0) is 44.6 Å². The van der Waals surface area contributed by atoms with E-state index < -0.39 is 0 Å². The van der Waals surface area contributed by atoms with E-state index in [1.165, 1.54) is 6.42 Å². The van der Waals surface area contributed by atoms with Crippen LogP contribution in [0.25, 0.3) is 0 Å². The van der Waals surface area contributed by atoms with Crippen LogP contribution < -0.4 is 10.2 Å². The molecule has 112 valence electrons. The van der Waals surface area contributed by atoms with Gasteiger partial charge in [0.25, 0.3) is 0 Å². The van der Waals surface area contributed by atoms with Gasteiger partial charge in [0.2, 0.25) is 0 Å². The zero-order chi connectivity index (χ0) is 14.5. The molecule has 0 aromatic heterocycles. The Morgan fingerprint density at radius 3 is 2.50 bits per heavy atom. The van der Waals surface area contributed by atoms with E-state index in [2.05, 4.69) is 22.0 Å². The Balaban J connectivity index is 2.03. The van der Waals surface area contributed by atoms with Crippen LogP contribution in [0, 0.1) is 5.82 Å². The number of halogens is 1. The van der Waals surface area contributed by atoms with Crippen molar-refractivity contribution in [1.29, 1.82) is 0 Å². The summed E-state index contributed by atoms with van der Waals surface area (Å²) in [5.74, 6) is -0.103. The molecule has 2 rings (SSSR count). The van der Waals surface area contributed by atoms with E-state index in [1.54, 1.807) is 6.07 Å². The summed E-state index contributed by atoms with van der Waals surface area (Å²) in [4.78, 5) is 4.61. The molecule has 1 saturated heterocycles. The van der Waals surface area contributed by atoms with Gasteiger partial charge in [0.15, 0.2) is 0 Å². The van der Waals surface area contributed by atoms with E-state index in [1.807, 2.05) is 26.1 Å². The van der Waals surface area contributed by atoms with Crippen molar-refractivity contribution in [2.24, 2.45) is 0 Å². The summed E-state index contributed by atoms with van der Waals surface area (Å²) in [6.07, 6.45) is 1.19. The maximum atomic E-state index is 14.3. The van der Waals surface area contributed by atoms with Gasteiger partial charge in [-0.25, -0.2) is 4.39 Å². The molecule has 0 aliphatic carbocycles. The van der Waals surface area contributed by atoms with Crippen molar-refractivity contribution in [2.75, 3.05) is 44.7 Å². The minimum atomic E-state index is -0.103. The lowest BCUT2D eigenvalue weighted by molar-refractivity contribution is 0.258. The van der Waals surface area contributed by atoms with Gasteiger partial charge in [-0.3, -0.25) is 4.90 Å². The monoisotopic (exact) mass is 279 g/mol. The van der Waals surface area contributed by atoms with E-state index >= 15 is 0 Å². The summed E-state index contributed by atoms with van der Waals surface area (Å²) in [6, 6.07) is 5.79. The van der Waals surface area contributed by atoms with Crippen LogP contribution in [0.1, 0.15) is 31.9 Å². The maximum absolute atomic E-state index is 14.3. The van der Waals surface area contributed by atoms with Gasteiger partial charge in [-0.1, -0.05) is 13.0 Å². The van der Waals surface area contributed by atoms with Crippen molar-refractivity contribution in [2.45, 2.75) is 26.3 Å². The summed E-state index contributed by atoms with van der Waals surface area (Å²) in [6.45, 7) is 9.28. The molecule has 1 aliphatic heterocycles. The fourth-order valence-corrected chi connectivity index (χ4v) is 2.74. The Morgan fingerprint density at radius 1 is 1.25 bits per heavy atom. The van der Waals surface area contributed by atoms with Crippen molar-refractivity contribution >= 4 is 5.69 Å². The van der Waals surface area contributed by atoms with Crippen LogP contribution in [-0.2, 0) is 0 Å². The third-order valence-corrected chi connectivity index (χ3v) is 4.16. The molecule has 1 N–H and O–H groups in total. The number of anilines is 1. The van der Waals surface area contributed by atoms with Crippen molar-refractivity contribution in [3.05, 3.63) is 29.6 Å². The number of hydrogen-bond donors (Lipinski definition) is 1. The lowest BCUT2D eigenvalue weighted by Gasteiger charge is -2.36. The van der Waals surface area contributed by atoms with E-state index in [4.69, 9.17) is 0 Å². The van der Waals surface area contributed by atoms with Gasteiger partial charge in [0.1, 0.15) is 5.82 Å². The quantitative estimate of drug-likeness (QED) is 0.894. The Morgan fingerprint density at radius 2 is 1.95 bits per heavy atom. The van der Waals surface area contributed by atoms with E-state index in [-0.39, 0.29) is 11.9 Å². The zero-order valence-electron chi connectivity index (χ0n) is 12.8. The lowest BCUT2D eigenvalue weighted by atomic mass is 10.1. The van der Waals surface area contributed by atoms with Gasteiger partial charge < -0.3 is 10.2 Å². The van der Waals surface area contributed by atoms with Crippen LogP contribution in [0.2, 0.25) is 0 Å². The molecule has 4 heteroatoms. The van der Waals surface area contributed by atoms with Crippen LogP contribution in [0.15, 0.2) is 18.2 Å². The fourth-order valence-electron chi connectivity index (χ4n) is 2.74. The predicted octanol–water partition coefficient (Wildman–Crippen LogP) is 2.64. The van der Waals surface area contributed by atoms with Crippen LogP contribution in [0.5, 0.6) is 0 Å². The SMILES string of the molecule is CCCN1CCN(c2ccc(C(C)NC)cc2F)CC1. The molecule has 0 radical (unpaired) electrons. The molecular formula is C16H26FN3. The number of nitrogens with zero attached hydrogens (tertiary/aromatic N) is 2. The molecule has 0 spiro atoms. The number of piperazine rings is 1. The van der Waals surface area contributed by atoms with Gasteiger partial charge in [-0.2, -0.15) is 0 Å². The van der Waals surface area contributed by atoms with Gasteiger partial charge in [0, 0.05) is 32.2 Å². The summed E-state index contributed by atoms with van der Waals surface area (Å²) in [5, 5.41) is 3.14. The second kappa shape index (κ2) is 7.04. The highest BCUT2D eigenvalue weighted by molar-refractivity contribution is 5.50. The first kappa shape index (κ1) is 15.3. The highest BCUT2D eigenvalue weighted by Crippen LogP contribution is 2.24. The van der Waals surface area contributed by atoms with Gasteiger partial charge in [-0.15, -0.1) is 0 Å². The first-order valence-electron chi connectivity index (χ1n) is 7.59. The Kier molecular flexibility index (Phi) is 5.38.